The molecule has 1 amide bonds. The van der Waals surface area contributed by atoms with Gasteiger partial charge in [0.15, 0.2) is 0 Å². The molecule has 6 nitrogen and oxygen atoms in total. The Balaban J connectivity index is 2.51. The number of aromatic nitrogens is 1. The number of amides is 1. The van der Waals surface area contributed by atoms with E-state index in [1.54, 1.807) is 38.1 Å². The quantitative estimate of drug-likeness (QED) is 0.869. The van der Waals surface area contributed by atoms with Gasteiger partial charge in [0.1, 0.15) is 6.54 Å². The lowest BCUT2D eigenvalue weighted by Gasteiger charge is -2.26. The average Bonchev–Trinajstić information content (AvgIpc) is 2.50. The number of benzene rings is 1. The van der Waals surface area contributed by atoms with Crippen molar-refractivity contribution >= 4 is 22.8 Å². The lowest BCUT2D eigenvalue weighted by atomic mass is 10.1. The van der Waals surface area contributed by atoms with E-state index in [1.165, 1.54) is 18.1 Å². The maximum absolute atomic E-state index is 12.8. The monoisotopic (exact) mass is 302 g/mol. The van der Waals surface area contributed by atoms with Crippen molar-refractivity contribution in [1.29, 1.82) is 0 Å². The molecule has 0 saturated heterocycles. The zero-order chi connectivity index (χ0) is 16.3. The van der Waals surface area contributed by atoms with Gasteiger partial charge in [0, 0.05) is 23.0 Å². The maximum atomic E-state index is 12.8. The summed E-state index contributed by atoms with van der Waals surface area (Å²) < 4.78 is 4.63. The maximum Gasteiger partial charge on any atom is 0.325 e. The van der Waals surface area contributed by atoms with Crippen LogP contribution in [0.1, 0.15) is 24.2 Å². The molecule has 1 aromatic heterocycles. The van der Waals surface area contributed by atoms with E-state index in [2.05, 4.69) is 9.72 Å². The third-order valence-electron chi connectivity index (χ3n) is 3.39. The molecule has 0 aliphatic heterocycles. The van der Waals surface area contributed by atoms with Crippen LogP contribution in [0.4, 0.5) is 0 Å². The van der Waals surface area contributed by atoms with Crippen LogP contribution in [0, 0.1) is 0 Å². The minimum Gasteiger partial charge on any atom is -0.468 e. The number of hydrogen-bond acceptors (Lipinski definition) is 4. The van der Waals surface area contributed by atoms with Gasteiger partial charge in [-0.1, -0.05) is 18.2 Å². The highest BCUT2D eigenvalue weighted by atomic mass is 16.5. The van der Waals surface area contributed by atoms with Crippen molar-refractivity contribution in [3.05, 3.63) is 46.2 Å². The van der Waals surface area contributed by atoms with Gasteiger partial charge in [-0.3, -0.25) is 14.4 Å². The van der Waals surface area contributed by atoms with Gasteiger partial charge < -0.3 is 14.6 Å². The van der Waals surface area contributed by atoms with Crippen LogP contribution in [-0.4, -0.2) is 41.5 Å². The molecule has 22 heavy (non-hydrogen) atoms. The van der Waals surface area contributed by atoms with Gasteiger partial charge in [-0.25, -0.2) is 0 Å². The molecule has 0 radical (unpaired) electrons. The fourth-order valence-corrected chi connectivity index (χ4v) is 2.23. The van der Waals surface area contributed by atoms with Crippen LogP contribution in [0.2, 0.25) is 0 Å². The Morgan fingerprint density at radius 2 is 1.95 bits per heavy atom. The van der Waals surface area contributed by atoms with E-state index in [-0.39, 0.29) is 29.6 Å². The first kappa shape index (κ1) is 15.8. The molecule has 0 fully saturated rings. The summed E-state index contributed by atoms with van der Waals surface area (Å²) in [5.74, 6) is -0.876. The van der Waals surface area contributed by atoms with Crippen molar-refractivity contribution in [3.8, 4) is 0 Å². The highest BCUT2D eigenvalue weighted by molar-refractivity contribution is 6.06. The van der Waals surface area contributed by atoms with Crippen molar-refractivity contribution in [2.75, 3.05) is 13.7 Å². The Labute approximate surface area is 127 Å². The number of fused-ring (bicyclic) bond motifs is 1. The molecular formula is C16H18N2O4. The number of nitrogens with one attached hydrogen (secondary N) is 1. The second kappa shape index (κ2) is 6.43. The molecule has 1 N–H and O–H groups in total. The van der Waals surface area contributed by atoms with Crippen LogP contribution < -0.4 is 5.56 Å². The van der Waals surface area contributed by atoms with Crippen LogP contribution in [0.3, 0.4) is 0 Å². The van der Waals surface area contributed by atoms with Crippen LogP contribution in [0.5, 0.6) is 0 Å². The Hall–Kier alpha value is -2.63. The zero-order valence-electron chi connectivity index (χ0n) is 12.8. The summed E-state index contributed by atoms with van der Waals surface area (Å²) in [4.78, 5) is 40.1. The number of hydrogen-bond donors (Lipinski definition) is 1. The molecule has 2 aromatic rings. The number of ether oxygens (including phenoxy) is 1. The molecule has 0 spiro atoms. The standard InChI is InChI=1S/C16H18N2O4/c1-10(2)18(9-15(20)22-3)16(21)12-8-14(19)17-13-7-5-4-6-11(12)13/h4-8,10H,9H2,1-3H3,(H,17,19). The molecule has 1 heterocycles. The molecule has 0 atom stereocenters. The summed E-state index contributed by atoms with van der Waals surface area (Å²) >= 11 is 0. The molecular weight excluding hydrogens is 284 g/mol. The van der Waals surface area contributed by atoms with E-state index in [1.807, 2.05) is 0 Å². The molecule has 116 valence electrons. The Kier molecular flexibility index (Phi) is 4.60. The summed E-state index contributed by atoms with van der Waals surface area (Å²) in [6.45, 7) is 3.44. The summed E-state index contributed by atoms with van der Waals surface area (Å²) in [6, 6.07) is 8.11. The Bertz CT molecular complexity index is 764. The highest BCUT2D eigenvalue weighted by Crippen LogP contribution is 2.17. The van der Waals surface area contributed by atoms with Crippen molar-refractivity contribution in [1.82, 2.24) is 9.88 Å². The summed E-state index contributed by atoms with van der Waals surface area (Å²) in [5.41, 5.74) is 0.501. The molecule has 0 unspecified atom stereocenters. The number of carbonyl (C=O) groups excluding carboxylic acids is 2. The predicted molar refractivity (Wildman–Crippen MR) is 82.8 cm³/mol. The number of carbonyl (C=O) groups is 2. The van der Waals surface area contributed by atoms with Gasteiger partial charge in [-0.2, -0.15) is 0 Å². The van der Waals surface area contributed by atoms with E-state index >= 15 is 0 Å². The lowest BCUT2D eigenvalue weighted by molar-refractivity contribution is -0.141. The van der Waals surface area contributed by atoms with Crippen LogP contribution in [0.15, 0.2) is 35.1 Å². The predicted octanol–water partition coefficient (Wildman–Crippen LogP) is 1.55. The minimum atomic E-state index is -0.504. The number of nitrogens with zero attached hydrogens (tertiary/aromatic N) is 1. The lowest BCUT2D eigenvalue weighted by Crippen LogP contribution is -2.41. The molecule has 6 heteroatoms. The Morgan fingerprint density at radius 3 is 2.59 bits per heavy atom. The topological polar surface area (TPSA) is 79.5 Å². The number of para-hydroxylation sites is 1. The van der Waals surface area contributed by atoms with Gasteiger partial charge in [0.2, 0.25) is 5.56 Å². The van der Waals surface area contributed by atoms with Gasteiger partial charge in [-0.15, -0.1) is 0 Å². The van der Waals surface area contributed by atoms with Crippen molar-refractivity contribution in [2.24, 2.45) is 0 Å². The van der Waals surface area contributed by atoms with E-state index in [0.717, 1.165) is 0 Å². The number of rotatable bonds is 4. The molecule has 0 aliphatic carbocycles. The normalized spacial score (nSPS) is 10.7. The van der Waals surface area contributed by atoms with E-state index in [9.17, 15) is 14.4 Å². The zero-order valence-corrected chi connectivity index (χ0v) is 12.8. The first-order valence-corrected chi connectivity index (χ1v) is 6.94. The smallest absolute Gasteiger partial charge is 0.325 e. The fraction of sp³-hybridized carbons (Fsp3) is 0.312. The van der Waals surface area contributed by atoms with Gasteiger partial charge in [-0.05, 0) is 19.9 Å². The second-order valence-corrected chi connectivity index (χ2v) is 5.20. The largest absolute Gasteiger partial charge is 0.468 e. The molecule has 0 saturated carbocycles. The number of aromatic amines is 1. The van der Waals surface area contributed by atoms with E-state index in [0.29, 0.717) is 10.9 Å². The Morgan fingerprint density at radius 1 is 1.27 bits per heavy atom. The number of methoxy groups -OCH3 is 1. The number of pyridine rings is 1. The third kappa shape index (κ3) is 3.16. The van der Waals surface area contributed by atoms with Gasteiger partial charge in [0.05, 0.1) is 12.7 Å². The minimum absolute atomic E-state index is 0.159. The van der Waals surface area contributed by atoms with Gasteiger partial charge in [0.25, 0.3) is 5.91 Å². The average molecular weight is 302 g/mol. The summed E-state index contributed by atoms with van der Waals surface area (Å²) in [5, 5.41) is 0.641. The van der Waals surface area contributed by atoms with Gasteiger partial charge >= 0.3 is 5.97 Å². The highest BCUT2D eigenvalue weighted by Gasteiger charge is 2.23. The molecule has 1 aromatic carbocycles. The molecule has 0 bridgehead atoms. The van der Waals surface area contributed by atoms with Crippen molar-refractivity contribution in [3.63, 3.8) is 0 Å². The van der Waals surface area contributed by atoms with E-state index < -0.39 is 5.97 Å². The van der Waals surface area contributed by atoms with Crippen LogP contribution in [-0.2, 0) is 9.53 Å². The van der Waals surface area contributed by atoms with E-state index in [4.69, 9.17) is 0 Å². The number of H-pyrrole nitrogens is 1. The van der Waals surface area contributed by atoms with Crippen LogP contribution in [0.25, 0.3) is 10.9 Å². The molecule has 0 aliphatic rings. The molecule has 2 rings (SSSR count). The SMILES string of the molecule is COC(=O)CN(C(=O)c1cc(=O)[nH]c2ccccc12)C(C)C. The summed E-state index contributed by atoms with van der Waals surface area (Å²) in [6.07, 6.45) is 0. The first-order valence-electron chi connectivity index (χ1n) is 6.94. The summed E-state index contributed by atoms with van der Waals surface area (Å²) in [7, 11) is 1.27. The van der Waals surface area contributed by atoms with Crippen LogP contribution >= 0.6 is 0 Å². The second-order valence-electron chi connectivity index (χ2n) is 5.20. The number of esters is 1. The van der Waals surface area contributed by atoms with Crippen molar-refractivity contribution < 1.29 is 14.3 Å². The fourth-order valence-electron chi connectivity index (χ4n) is 2.23. The first-order chi connectivity index (χ1) is 10.4. The van der Waals surface area contributed by atoms with Crippen molar-refractivity contribution in [2.45, 2.75) is 19.9 Å². The third-order valence-corrected chi connectivity index (χ3v) is 3.39.